The van der Waals surface area contributed by atoms with Crippen molar-refractivity contribution in [3.63, 3.8) is 0 Å². The molecule has 0 amide bonds. The number of ketones is 1. The number of halogens is 1. The molecule has 0 bridgehead atoms. The maximum absolute atomic E-state index is 11.8. The lowest BCUT2D eigenvalue weighted by Crippen LogP contribution is -2.13. The molecule has 1 aliphatic carbocycles. The third kappa shape index (κ3) is 1.14. The molecule has 1 heterocycles. The van der Waals surface area contributed by atoms with E-state index >= 15 is 0 Å². The van der Waals surface area contributed by atoms with Crippen LogP contribution in [-0.4, -0.2) is 20.2 Å². The Hall–Kier alpha value is -0.765. The van der Waals surface area contributed by atoms with Crippen molar-refractivity contribution >= 4 is 35.0 Å². The zero-order valence-electron chi connectivity index (χ0n) is 8.10. The number of Topliss-reactive ketones (excluding diaryl/α,β-unsaturated/α-hetero) is 1. The number of rotatable bonds is 0. The Balaban J connectivity index is 2.39. The number of carbonyl (C=O) groups excluding carboxylic acids is 1. The van der Waals surface area contributed by atoms with Crippen molar-refractivity contribution in [2.75, 3.05) is 6.61 Å². The molecule has 0 spiro atoms. The van der Waals surface area contributed by atoms with Gasteiger partial charge in [-0.2, -0.15) is 0 Å². The normalized spacial score (nSPS) is 17.5. The molecule has 15 heavy (non-hydrogen) atoms. The highest BCUT2D eigenvalue weighted by atomic mass is 79.9. The van der Waals surface area contributed by atoms with Gasteiger partial charge in [-0.05, 0) is 17.4 Å². The molecule has 0 atom stereocenters. The summed E-state index contributed by atoms with van der Waals surface area (Å²) in [5.41, 5.74) is 3.61. The molecule has 0 N–H and O–H groups in total. The van der Waals surface area contributed by atoms with Crippen molar-refractivity contribution in [1.82, 2.24) is 0 Å². The van der Waals surface area contributed by atoms with Gasteiger partial charge in [0.05, 0.1) is 6.61 Å². The van der Waals surface area contributed by atoms with Crippen molar-refractivity contribution in [2.45, 2.75) is 19.3 Å². The highest BCUT2D eigenvalue weighted by molar-refractivity contribution is 9.10. The molecule has 74 valence electrons. The molecular formula is C11H8BBrO2. The second-order valence-electron chi connectivity index (χ2n) is 3.91. The van der Waals surface area contributed by atoms with Crippen LogP contribution in [0.25, 0.3) is 0 Å². The number of hydrogen-bond donors (Lipinski definition) is 0. The standard InChI is InChI=1S/C11H8BBrO2/c12-9-10(13)5-1-2-7(14)8(5)6-3-4-15-11(6)9/h1-4H2. The Kier molecular flexibility index (Phi) is 1.96. The summed E-state index contributed by atoms with van der Waals surface area (Å²) in [4.78, 5) is 11.8. The van der Waals surface area contributed by atoms with Gasteiger partial charge in [-0.1, -0.05) is 15.9 Å². The first-order valence-corrected chi connectivity index (χ1v) is 5.78. The minimum absolute atomic E-state index is 0.229. The van der Waals surface area contributed by atoms with Crippen molar-refractivity contribution in [2.24, 2.45) is 0 Å². The summed E-state index contributed by atoms with van der Waals surface area (Å²) < 4.78 is 6.33. The molecule has 2 radical (unpaired) electrons. The lowest BCUT2D eigenvalue weighted by molar-refractivity contribution is 0.0994. The van der Waals surface area contributed by atoms with Crippen LogP contribution in [-0.2, 0) is 12.8 Å². The topological polar surface area (TPSA) is 26.3 Å². The van der Waals surface area contributed by atoms with Gasteiger partial charge in [-0.3, -0.25) is 4.79 Å². The fourth-order valence-electron chi connectivity index (χ4n) is 2.42. The fraction of sp³-hybridized carbons (Fsp3) is 0.364. The number of ether oxygens (including phenoxy) is 1. The lowest BCUT2D eigenvalue weighted by Gasteiger charge is -2.12. The van der Waals surface area contributed by atoms with E-state index in [2.05, 4.69) is 15.9 Å². The van der Waals surface area contributed by atoms with Crippen LogP contribution < -0.4 is 10.2 Å². The van der Waals surface area contributed by atoms with Gasteiger partial charge in [-0.25, -0.2) is 0 Å². The minimum atomic E-state index is 0.229. The van der Waals surface area contributed by atoms with E-state index in [1.165, 1.54) is 0 Å². The number of benzene rings is 1. The van der Waals surface area contributed by atoms with Crippen LogP contribution in [0.3, 0.4) is 0 Å². The van der Waals surface area contributed by atoms with Crippen LogP contribution in [0.15, 0.2) is 4.47 Å². The van der Waals surface area contributed by atoms with Crippen molar-refractivity contribution in [3.05, 3.63) is 21.2 Å². The molecule has 2 aliphatic rings. The zero-order valence-corrected chi connectivity index (χ0v) is 9.69. The molecule has 1 aromatic carbocycles. The highest BCUT2D eigenvalue weighted by Crippen LogP contribution is 2.38. The van der Waals surface area contributed by atoms with Gasteiger partial charge in [-0.15, -0.1) is 0 Å². The molecule has 0 saturated carbocycles. The largest absolute Gasteiger partial charge is 0.494 e. The maximum atomic E-state index is 11.8. The Labute approximate surface area is 97.5 Å². The first-order chi connectivity index (χ1) is 7.20. The number of carbonyl (C=O) groups is 1. The van der Waals surface area contributed by atoms with Crippen LogP contribution in [0, 0.1) is 0 Å². The van der Waals surface area contributed by atoms with E-state index in [1.54, 1.807) is 0 Å². The van der Waals surface area contributed by atoms with Gasteiger partial charge >= 0.3 is 0 Å². The average Bonchev–Trinajstić information content (AvgIpc) is 2.80. The Morgan fingerprint density at radius 1 is 1.20 bits per heavy atom. The minimum Gasteiger partial charge on any atom is -0.494 e. The molecule has 0 aromatic heterocycles. The van der Waals surface area contributed by atoms with E-state index in [-0.39, 0.29) is 5.78 Å². The van der Waals surface area contributed by atoms with E-state index in [0.29, 0.717) is 18.5 Å². The first kappa shape index (κ1) is 9.46. The van der Waals surface area contributed by atoms with Gasteiger partial charge in [0.1, 0.15) is 13.6 Å². The zero-order chi connectivity index (χ0) is 10.6. The molecular weight excluding hydrogens is 255 g/mol. The van der Waals surface area contributed by atoms with E-state index in [9.17, 15) is 4.79 Å². The van der Waals surface area contributed by atoms with Crippen LogP contribution in [0.2, 0.25) is 0 Å². The Bertz CT molecular complexity index is 482. The van der Waals surface area contributed by atoms with E-state index in [4.69, 9.17) is 12.6 Å². The van der Waals surface area contributed by atoms with Gasteiger partial charge in [0, 0.05) is 28.4 Å². The van der Waals surface area contributed by atoms with Crippen molar-refractivity contribution in [3.8, 4) is 5.75 Å². The van der Waals surface area contributed by atoms with Crippen LogP contribution in [0.1, 0.15) is 27.9 Å². The van der Waals surface area contributed by atoms with Crippen LogP contribution in [0.5, 0.6) is 5.75 Å². The molecule has 2 nitrogen and oxygen atoms in total. The fourth-order valence-corrected chi connectivity index (χ4v) is 3.00. The predicted octanol–water partition coefficient (Wildman–Crippen LogP) is 1.31. The van der Waals surface area contributed by atoms with Gasteiger partial charge in [0.15, 0.2) is 5.78 Å². The molecule has 0 fully saturated rings. The predicted molar refractivity (Wildman–Crippen MR) is 61.4 cm³/mol. The summed E-state index contributed by atoms with van der Waals surface area (Å²) >= 11 is 3.46. The monoisotopic (exact) mass is 262 g/mol. The molecule has 0 unspecified atom stereocenters. The van der Waals surface area contributed by atoms with E-state index in [1.807, 2.05) is 0 Å². The van der Waals surface area contributed by atoms with Crippen molar-refractivity contribution in [1.29, 1.82) is 0 Å². The molecule has 4 heteroatoms. The van der Waals surface area contributed by atoms with Gasteiger partial charge in [0.2, 0.25) is 0 Å². The second-order valence-corrected chi connectivity index (χ2v) is 4.70. The summed E-state index contributed by atoms with van der Waals surface area (Å²) in [6.45, 7) is 0.635. The third-order valence-electron chi connectivity index (χ3n) is 3.10. The molecule has 1 aromatic rings. The van der Waals surface area contributed by atoms with Crippen LogP contribution in [0.4, 0.5) is 0 Å². The number of fused-ring (bicyclic) bond motifs is 3. The van der Waals surface area contributed by atoms with Gasteiger partial charge < -0.3 is 4.74 Å². The average molecular weight is 263 g/mol. The van der Waals surface area contributed by atoms with E-state index < -0.39 is 0 Å². The Morgan fingerprint density at radius 3 is 2.80 bits per heavy atom. The summed E-state index contributed by atoms with van der Waals surface area (Å²) in [5.74, 6) is 0.948. The molecule has 1 aliphatic heterocycles. The first-order valence-electron chi connectivity index (χ1n) is 4.99. The summed E-state index contributed by atoms with van der Waals surface area (Å²) in [6, 6.07) is 0. The second kappa shape index (κ2) is 3.11. The highest BCUT2D eigenvalue weighted by Gasteiger charge is 2.31. The van der Waals surface area contributed by atoms with Gasteiger partial charge in [0.25, 0.3) is 0 Å². The van der Waals surface area contributed by atoms with Crippen LogP contribution >= 0.6 is 15.9 Å². The Morgan fingerprint density at radius 2 is 2.00 bits per heavy atom. The molecule has 0 saturated heterocycles. The molecule has 3 rings (SSSR count). The number of hydrogen-bond acceptors (Lipinski definition) is 2. The lowest BCUT2D eigenvalue weighted by atomic mass is 9.87. The van der Waals surface area contributed by atoms with Crippen molar-refractivity contribution < 1.29 is 9.53 Å². The maximum Gasteiger partial charge on any atom is 0.163 e. The smallest absolute Gasteiger partial charge is 0.163 e. The summed E-state index contributed by atoms with van der Waals surface area (Å²) in [7, 11) is 5.97. The summed E-state index contributed by atoms with van der Waals surface area (Å²) in [6.07, 6.45) is 2.21. The SMILES string of the molecule is [B]c1c(Br)c2c(c3c1OCC3)C(=O)CC2. The summed E-state index contributed by atoms with van der Waals surface area (Å²) in [5, 5.41) is 0. The van der Waals surface area contributed by atoms with E-state index in [0.717, 1.165) is 39.8 Å². The third-order valence-corrected chi connectivity index (χ3v) is 4.01. The quantitative estimate of drug-likeness (QED) is 0.659.